The number of furan rings is 1. The third-order valence-electron chi connectivity index (χ3n) is 2.29. The fraction of sp³-hybridized carbons (Fsp3) is 0.0833. The van der Waals surface area contributed by atoms with Gasteiger partial charge in [0.1, 0.15) is 0 Å². The zero-order chi connectivity index (χ0) is 14.8. The van der Waals surface area contributed by atoms with Crippen LogP contribution in [-0.2, 0) is 6.18 Å². The number of rotatable bonds is 2. The molecule has 0 aliphatic heterocycles. The largest absolute Gasteiger partial charge is 0.449 e. The van der Waals surface area contributed by atoms with Gasteiger partial charge in [0.2, 0.25) is 5.88 Å². The van der Waals surface area contributed by atoms with E-state index in [-0.39, 0.29) is 11.6 Å². The number of halogens is 4. The van der Waals surface area contributed by atoms with Crippen molar-refractivity contribution in [3.63, 3.8) is 0 Å². The Labute approximate surface area is 116 Å². The number of nitrogens with one attached hydrogen (secondary N) is 2. The number of anilines is 2. The maximum absolute atomic E-state index is 12.6. The molecular formula is C12H8ClF3N2O2. The van der Waals surface area contributed by atoms with Gasteiger partial charge in [0.05, 0.1) is 16.8 Å². The minimum Gasteiger partial charge on any atom is -0.449 e. The summed E-state index contributed by atoms with van der Waals surface area (Å²) in [6.07, 6.45) is -3.24. The standard InChI is InChI=1S/C12H8ClF3N2O2/c13-9-4-3-7(6-8(9)12(14,15)16)17-11(19)18-10-2-1-5-20-10/h1-6H,(H2,17,18,19). The summed E-state index contributed by atoms with van der Waals surface area (Å²) >= 11 is 5.47. The van der Waals surface area contributed by atoms with Crippen LogP contribution in [0.3, 0.4) is 0 Å². The van der Waals surface area contributed by atoms with Gasteiger partial charge in [-0.2, -0.15) is 13.2 Å². The van der Waals surface area contributed by atoms with Crippen molar-refractivity contribution in [3.8, 4) is 0 Å². The average molecular weight is 305 g/mol. The molecule has 0 saturated carbocycles. The summed E-state index contributed by atoms with van der Waals surface area (Å²) in [7, 11) is 0. The van der Waals surface area contributed by atoms with E-state index < -0.39 is 22.8 Å². The summed E-state index contributed by atoms with van der Waals surface area (Å²) in [6.45, 7) is 0. The van der Waals surface area contributed by atoms with E-state index in [1.807, 2.05) is 0 Å². The lowest BCUT2D eigenvalue weighted by Gasteiger charge is -2.11. The molecule has 2 amide bonds. The lowest BCUT2D eigenvalue weighted by Crippen LogP contribution is -2.19. The summed E-state index contributed by atoms with van der Waals surface area (Å²) < 4.78 is 42.8. The SMILES string of the molecule is O=C(Nc1ccc(Cl)c(C(F)(F)F)c1)Nc1ccco1. The van der Waals surface area contributed by atoms with Gasteiger partial charge in [-0.3, -0.25) is 5.32 Å². The number of hydrogen-bond acceptors (Lipinski definition) is 2. The molecule has 1 heterocycles. The van der Waals surface area contributed by atoms with Crippen LogP contribution in [0, 0.1) is 0 Å². The predicted octanol–water partition coefficient (Wildman–Crippen LogP) is 4.60. The second kappa shape index (κ2) is 5.46. The van der Waals surface area contributed by atoms with Crippen LogP contribution in [0.15, 0.2) is 41.0 Å². The van der Waals surface area contributed by atoms with Crippen LogP contribution >= 0.6 is 11.6 Å². The number of benzene rings is 1. The van der Waals surface area contributed by atoms with Gasteiger partial charge in [0.15, 0.2) is 0 Å². The zero-order valence-electron chi connectivity index (χ0n) is 9.79. The molecule has 1 aromatic heterocycles. The van der Waals surface area contributed by atoms with Gasteiger partial charge in [-0.15, -0.1) is 0 Å². The number of amides is 2. The molecule has 0 aliphatic carbocycles. The van der Waals surface area contributed by atoms with Gasteiger partial charge >= 0.3 is 12.2 Å². The van der Waals surface area contributed by atoms with Crippen molar-refractivity contribution < 1.29 is 22.4 Å². The normalized spacial score (nSPS) is 11.2. The fourth-order valence-electron chi connectivity index (χ4n) is 1.44. The van der Waals surface area contributed by atoms with E-state index in [0.717, 1.165) is 12.1 Å². The van der Waals surface area contributed by atoms with Gasteiger partial charge in [0.25, 0.3) is 0 Å². The van der Waals surface area contributed by atoms with Crippen LogP contribution in [0.4, 0.5) is 29.5 Å². The first-order chi connectivity index (χ1) is 9.36. The van der Waals surface area contributed by atoms with Crippen molar-refractivity contribution in [3.05, 3.63) is 47.2 Å². The Bertz CT molecular complexity index is 612. The predicted molar refractivity (Wildman–Crippen MR) is 67.8 cm³/mol. The third kappa shape index (κ3) is 3.45. The number of alkyl halides is 3. The van der Waals surface area contributed by atoms with E-state index in [9.17, 15) is 18.0 Å². The van der Waals surface area contributed by atoms with E-state index in [0.29, 0.717) is 0 Å². The smallest absolute Gasteiger partial charge is 0.417 e. The molecule has 0 radical (unpaired) electrons. The molecule has 8 heteroatoms. The van der Waals surface area contributed by atoms with Crippen molar-refractivity contribution in [1.29, 1.82) is 0 Å². The molecule has 2 aromatic rings. The van der Waals surface area contributed by atoms with Crippen LogP contribution in [0.25, 0.3) is 0 Å². The van der Waals surface area contributed by atoms with Crippen molar-refractivity contribution in [2.24, 2.45) is 0 Å². The summed E-state index contributed by atoms with van der Waals surface area (Å²) in [6, 6.07) is 5.40. The van der Waals surface area contributed by atoms with E-state index in [1.165, 1.54) is 18.4 Å². The van der Waals surface area contributed by atoms with E-state index >= 15 is 0 Å². The first-order valence-corrected chi connectivity index (χ1v) is 5.72. The maximum Gasteiger partial charge on any atom is 0.417 e. The molecule has 0 bridgehead atoms. The minimum absolute atomic E-state index is 0.0363. The average Bonchev–Trinajstić information content (AvgIpc) is 2.83. The highest BCUT2D eigenvalue weighted by Crippen LogP contribution is 2.36. The lowest BCUT2D eigenvalue weighted by atomic mass is 10.2. The Morgan fingerprint density at radius 3 is 2.55 bits per heavy atom. The van der Waals surface area contributed by atoms with Gasteiger partial charge < -0.3 is 9.73 Å². The minimum atomic E-state index is -4.59. The molecule has 0 fully saturated rings. The second-order valence-corrected chi connectivity index (χ2v) is 4.16. The Morgan fingerprint density at radius 1 is 1.20 bits per heavy atom. The number of hydrogen-bond donors (Lipinski definition) is 2. The molecule has 20 heavy (non-hydrogen) atoms. The van der Waals surface area contributed by atoms with Crippen molar-refractivity contribution in [2.75, 3.05) is 10.6 Å². The molecule has 1 aromatic carbocycles. The van der Waals surface area contributed by atoms with Crippen LogP contribution in [0.1, 0.15) is 5.56 Å². The molecule has 2 N–H and O–H groups in total. The van der Waals surface area contributed by atoms with Crippen molar-refractivity contribution in [1.82, 2.24) is 0 Å². The monoisotopic (exact) mass is 304 g/mol. The highest BCUT2D eigenvalue weighted by atomic mass is 35.5. The third-order valence-corrected chi connectivity index (χ3v) is 2.62. The Balaban J connectivity index is 2.12. The van der Waals surface area contributed by atoms with Crippen LogP contribution in [0.5, 0.6) is 0 Å². The van der Waals surface area contributed by atoms with Gasteiger partial charge in [0, 0.05) is 11.8 Å². The van der Waals surface area contributed by atoms with Gasteiger partial charge in [-0.25, -0.2) is 4.79 Å². The molecular weight excluding hydrogens is 297 g/mol. The topological polar surface area (TPSA) is 54.3 Å². The first-order valence-electron chi connectivity index (χ1n) is 5.34. The first kappa shape index (κ1) is 14.3. The maximum atomic E-state index is 12.6. The van der Waals surface area contributed by atoms with Crippen molar-refractivity contribution in [2.45, 2.75) is 6.18 Å². The molecule has 0 spiro atoms. The number of carbonyl (C=O) groups is 1. The van der Waals surface area contributed by atoms with Gasteiger partial charge in [-0.05, 0) is 24.3 Å². The molecule has 0 atom stereocenters. The highest BCUT2D eigenvalue weighted by Gasteiger charge is 2.33. The molecule has 2 rings (SSSR count). The van der Waals surface area contributed by atoms with Crippen molar-refractivity contribution >= 4 is 29.2 Å². The highest BCUT2D eigenvalue weighted by molar-refractivity contribution is 6.31. The molecule has 0 saturated heterocycles. The molecule has 0 unspecified atom stereocenters. The number of urea groups is 1. The van der Waals surface area contributed by atoms with E-state index in [2.05, 4.69) is 10.6 Å². The molecule has 0 aliphatic rings. The molecule has 4 nitrogen and oxygen atoms in total. The van der Waals surface area contributed by atoms with Crippen LogP contribution in [-0.4, -0.2) is 6.03 Å². The second-order valence-electron chi connectivity index (χ2n) is 3.75. The van der Waals surface area contributed by atoms with Gasteiger partial charge in [-0.1, -0.05) is 11.6 Å². The quantitative estimate of drug-likeness (QED) is 0.852. The fourth-order valence-corrected chi connectivity index (χ4v) is 1.67. The summed E-state index contributed by atoms with van der Waals surface area (Å²) in [5.74, 6) is 0.174. The lowest BCUT2D eigenvalue weighted by molar-refractivity contribution is -0.137. The summed E-state index contributed by atoms with van der Waals surface area (Å²) in [5.41, 5.74) is -1.05. The molecule has 106 valence electrons. The number of carbonyl (C=O) groups excluding carboxylic acids is 1. The summed E-state index contributed by atoms with van der Waals surface area (Å²) in [4.78, 5) is 11.5. The van der Waals surface area contributed by atoms with Crippen LogP contribution < -0.4 is 10.6 Å². The van der Waals surface area contributed by atoms with E-state index in [1.54, 1.807) is 6.07 Å². The Hall–Kier alpha value is -2.15. The zero-order valence-corrected chi connectivity index (χ0v) is 10.5. The van der Waals surface area contributed by atoms with E-state index in [4.69, 9.17) is 16.0 Å². The summed E-state index contributed by atoms with van der Waals surface area (Å²) in [5, 5.41) is 4.13. The Kier molecular flexibility index (Phi) is 3.89. The Morgan fingerprint density at radius 2 is 1.95 bits per heavy atom. The van der Waals surface area contributed by atoms with Crippen LogP contribution in [0.2, 0.25) is 5.02 Å².